The molecule has 0 saturated carbocycles. The van der Waals surface area contributed by atoms with Crippen LogP contribution in [-0.2, 0) is 13.5 Å². The van der Waals surface area contributed by atoms with Crippen LogP contribution in [0, 0.1) is 0 Å². The maximum Gasteiger partial charge on any atom is 0.291 e. The zero-order valence-electron chi connectivity index (χ0n) is 10.1. The molecule has 0 bridgehead atoms. The van der Waals surface area contributed by atoms with Crippen LogP contribution in [0.25, 0.3) is 0 Å². The standard InChI is InChI=1S/C13H14N4O/c1-17-7-6-15-12(17)13(18)16-10-2-3-11-9(8-10)4-5-14-11/h2-3,6-8,14H,4-5H2,1H3,(H,16,18). The van der Waals surface area contributed by atoms with E-state index in [4.69, 9.17) is 0 Å². The minimum atomic E-state index is -0.187. The Morgan fingerprint density at radius 2 is 2.39 bits per heavy atom. The molecule has 5 nitrogen and oxygen atoms in total. The Balaban J connectivity index is 1.81. The minimum Gasteiger partial charge on any atom is -0.384 e. The van der Waals surface area contributed by atoms with E-state index in [9.17, 15) is 4.79 Å². The molecule has 1 aromatic heterocycles. The molecule has 2 N–H and O–H groups in total. The Labute approximate surface area is 105 Å². The van der Waals surface area contributed by atoms with Gasteiger partial charge in [-0.05, 0) is 30.2 Å². The fourth-order valence-corrected chi connectivity index (χ4v) is 2.15. The summed E-state index contributed by atoms with van der Waals surface area (Å²) < 4.78 is 1.70. The Morgan fingerprint density at radius 1 is 1.50 bits per heavy atom. The molecule has 0 unspecified atom stereocenters. The average molecular weight is 242 g/mol. The van der Waals surface area contributed by atoms with E-state index in [0.29, 0.717) is 5.82 Å². The largest absolute Gasteiger partial charge is 0.384 e. The summed E-state index contributed by atoms with van der Waals surface area (Å²) in [5.74, 6) is 0.224. The van der Waals surface area contributed by atoms with E-state index in [0.717, 1.165) is 24.3 Å². The molecule has 0 radical (unpaired) electrons. The zero-order chi connectivity index (χ0) is 12.5. The van der Waals surface area contributed by atoms with Crippen LogP contribution in [0.5, 0.6) is 0 Å². The number of carbonyl (C=O) groups is 1. The molecule has 2 aromatic rings. The van der Waals surface area contributed by atoms with Crippen LogP contribution in [0.15, 0.2) is 30.6 Å². The number of hydrogen-bond acceptors (Lipinski definition) is 3. The number of nitrogens with zero attached hydrogens (tertiary/aromatic N) is 2. The molecule has 1 aromatic carbocycles. The Kier molecular flexibility index (Phi) is 2.51. The van der Waals surface area contributed by atoms with Gasteiger partial charge in [-0.1, -0.05) is 0 Å². The van der Waals surface area contributed by atoms with Gasteiger partial charge in [0.15, 0.2) is 5.82 Å². The lowest BCUT2D eigenvalue weighted by atomic mass is 10.1. The highest BCUT2D eigenvalue weighted by molar-refractivity contribution is 6.01. The van der Waals surface area contributed by atoms with E-state index in [-0.39, 0.29) is 5.91 Å². The number of carbonyl (C=O) groups excluding carboxylic acids is 1. The predicted octanol–water partition coefficient (Wildman–Crippen LogP) is 1.64. The van der Waals surface area contributed by atoms with Crippen LogP contribution in [0.2, 0.25) is 0 Å². The summed E-state index contributed by atoms with van der Waals surface area (Å²) in [6, 6.07) is 5.91. The van der Waals surface area contributed by atoms with Gasteiger partial charge in [0, 0.05) is 37.4 Å². The van der Waals surface area contributed by atoms with Crippen molar-refractivity contribution in [2.24, 2.45) is 7.05 Å². The van der Waals surface area contributed by atoms with Gasteiger partial charge >= 0.3 is 0 Å². The Morgan fingerprint density at radius 3 is 3.17 bits per heavy atom. The van der Waals surface area contributed by atoms with E-state index >= 15 is 0 Å². The van der Waals surface area contributed by atoms with Crippen LogP contribution in [0.1, 0.15) is 16.2 Å². The van der Waals surface area contributed by atoms with E-state index in [1.807, 2.05) is 18.2 Å². The van der Waals surface area contributed by atoms with Crippen molar-refractivity contribution in [2.45, 2.75) is 6.42 Å². The summed E-state index contributed by atoms with van der Waals surface area (Å²) in [7, 11) is 1.80. The third kappa shape index (κ3) is 1.84. The van der Waals surface area contributed by atoms with Crippen molar-refractivity contribution in [3.63, 3.8) is 0 Å². The maximum atomic E-state index is 12.0. The summed E-state index contributed by atoms with van der Waals surface area (Å²) in [6.45, 7) is 0.964. The molecule has 1 aliphatic rings. The first kappa shape index (κ1) is 10.8. The lowest BCUT2D eigenvalue weighted by molar-refractivity contribution is 0.101. The highest BCUT2D eigenvalue weighted by Gasteiger charge is 2.13. The van der Waals surface area contributed by atoms with Crippen LogP contribution < -0.4 is 10.6 Å². The van der Waals surface area contributed by atoms with Crippen LogP contribution in [0.3, 0.4) is 0 Å². The number of aromatic nitrogens is 2. The fraction of sp³-hybridized carbons (Fsp3) is 0.231. The third-order valence-electron chi connectivity index (χ3n) is 3.10. The molecule has 0 saturated heterocycles. The van der Waals surface area contributed by atoms with Crippen molar-refractivity contribution in [2.75, 3.05) is 17.2 Å². The lowest BCUT2D eigenvalue weighted by Gasteiger charge is -2.07. The molecule has 0 aliphatic carbocycles. The van der Waals surface area contributed by atoms with E-state index in [2.05, 4.69) is 15.6 Å². The monoisotopic (exact) mass is 242 g/mol. The SMILES string of the molecule is Cn1ccnc1C(=O)Nc1ccc2c(c1)CCN2. The predicted molar refractivity (Wildman–Crippen MR) is 69.8 cm³/mol. The van der Waals surface area contributed by atoms with Gasteiger partial charge in [0.25, 0.3) is 5.91 Å². The molecule has 92 valence electrons. The van der Waals surface area contributed by atoms with Crippen LogP contribution in [0.4, 0.5) is 11.4 Å². The Bertz CT molecular complexity index is 603. The van der Waals surface area contributed by atoms with Gasteiger partial charge in [-0.15, -0.1) is 0 Å². The first-order chi connectivity index (χ1) is 8.74. The smallest absolute Gasteiger partial charge is 0.291 e. The maximum absolute atomic E-state index is 12.0. The quantitative estimate of drug-likeness (QED) is 0.841. The number of anilines is 2. The number of hydrogen-bond donors (Lipinski definition) is 2. The van der Waals surface area contributed by atoms with Crippen molar-refractivity contribution in [1.29, 1.82) is 0 Å². The summed E-state index contributed by atoms with van der Waals surface area (Å²) in [4.78, 5) is 16.0. The van der Waals surface area contributed by atoms with Crippen molar-refractivity contribution >= 4 is 17.3 Å². The van der Waals surface area contributed by atoms with Crippen molar-refractivity contribution in [1.82, 2.24) is 9.55 Å². The van der Waals surface area contributed by atoms with Gasteiger partial charge in [-0.2, -0.15) is 0 Å². The molecule has 18 heavy (non-hydrogen) atoms. The van der Waals surface area contributed by atoms with E-state index < -0.39 is 0 Å². The minimum absolute atomic E-state index is 0.187. The number of rotatable bonds is 2. The summed E-state index contributed by atoms with van der Waals surface area (Å²) in [6.07, 6.45) is 4.37. The fourth-order valence-electron chi connectivity index (χ4n) is 2.15. The second-order valence-electron chi connectivity index (χ2n) is 4.36. The van der Waals surface area contributed by atoms with Crippen molar-refractivity contribution < 1.29 is 4.79 Å². The van der Waals surface area contributed by atoms with E-state index in [1.54, 1.807) is 24.0 Å². The molecule has 0 fully saturated rings. The van der Waals surface area contributed by atoms with Gasteiger partial charge in [0.05, 0.1) is 0 Å². The zero-order valence-corrected chi connectivity index (χ0v) is 10.1. The first-order valence-corrected chi connectivity index (χ1v) is 5.89. The number of aryl methyl sites for hydroxylation is 1. The van der Waals surface area contributed by atoms with Gasteiger partial charge in [0.2, 0.25) is 0 Å². The highest BCUT2D eigenvalue weighted by atomic mass is 16.2. The molecule has 3 rings (SSSR count). The second kappa shape index (κ2) is 4.18. The van der Waals surface area contributed by atoms with Gasteiger partial charge < -0.3 is 15.2 Å². The Hall–Kier alpha value is -2.30. The molecule has 1 aliphatic heterocycles. The number of nitrogens with one attached hydrogen (secondary N) is 2. The molecule has 2 heterocycles. The van der Waals surface area contributed by atoms with Crippen molar-refractivity contribution in [3.05, 3.63) is 42.0 Å². The van der Waals surface area contributed by atoms with Gasteiger partial charge in [-0.25, -0.2) is 4.98 Å². The number of imidazole rings is 1. The second-order valence-corrected chi connectivity index (χ2v) is 4.36. The number of benzene rings is 1. The molecule has 5 heteroatoms. The molecule has 0 spiro atoms. The summed E-state index contributed by atoms with van der Waals surface area (Å²) >= 11 is 0. The normalized spacial score (nSPS) is 12.9. The average Bonchev–Trinajstić information content (AvgIpc) is 2.96. The molecular formula is C13H14N4O. The van der Waals surface area contributed by atoms with E-state index in [1.165, 1.54) is 5.56 Å². The molecule has 1 amide bonds. The van der Waals surface area contributed by atoms with Crippen LogP contribution in [-0.4, -0.2) is 22.0 Å². The summed E-state index contributed by atoms with van der Waals surface area (Å²) in [5, 5.41) is 6.15. The lowest BCUT2D eigenvalue weighted by Crippen LogP contribution is -2.16. The molecule has 0 atom stereocenters. The third-order valence-corrected chi connectivity index (χ3v) is 3.10. The number of amides is 1. The molecular weight excluding hydrogens is 228 g/mol. The van der Waals surface area contributed by atoms with Gasteiger partial charge in [-0.3, -0.25) is 4.79 Å². The first-order valence-electron chi connectivity index (χ1n) is 5.89. The van der Waals surface area contributed by atoms with Gasteiger partial charge in [0.1, 0.15) is 0 Å². The highest BCUT2D eigenvalue weighted by Crippen LogP contribution is 2.25. The summed E-state index contributed by atoms with van der Waals surface area (Å²) in [5.41, 5.74) is 3.21. The number of fused-ring (bicyclic) bond motifs is 1. The van der Waals surface area contributed by atoms with Crippen molar-refractivity contribution in [3.8, 4) is 0 Å². The topological polar surface area (TPSA) is 59.0 Å². The van der Waals surface area contributed by atoms with Crippen LogP contribution >= 0.6 is 0 Å².